The van der Waals surface area contributed by atoms with Gasteiger partial charge in [-0.2, -0.15) is 9.57 Å². The van der Waals surface area contributed by atoms with Gasteiger partial charge < -0.3 is 10.0 Å². The van der Waals surface area contributed by atoms with Crippen LogP contribution in [0, 0.1) is 11.3 Å². The van der Waals surface area contributed by atoms with Crippen molar-refractivity contribution in [2.45, 2.75) is 24.7 Å². The number of phenolic OH excluding ortho intramolecular Hbond substituents is 1. The van der Waals surface area contributed by atoms with E-state index < -0.39 is 10.0 Å². The Bertz CT molecular complexity index is 1070. The highest BCUT2D eigenvalue weighted by atomic mass is 32.2. The van der Waals surface area contributed by atoms with Crippen molar-refractivity contribution in [3.05, 3.63) is 59.2 Å². The fourth-order valence-corrected chi connectivity index (χ4v) is 4.87. The summed E-state index contributed by atoms with van der Waals surface area (Å²) >= 11 is 0. The average molecular weight is 413 g/mol. The van der Waals surface area contributed by atoms with Crippen molar-refractivity contribution in [3.63, 3.8) is 0 Å². The number of aromatic hydroxyl groups is 1. The van der Waals surface area contributed by atoms with Crippen LogP contribution in [0.4, 0.5) is 0 Å². The van der Waals surface area contributed by atoms with Crippen molar-refractivity contribution >= 4 is 15.9 Å². The number of piperazine rings is 1. The number of hydrogen-bond donors (Lipinski definition) is 1. The van der Waals surface area contributed by atoms with Crippen molar-refractivity contribution in [2.75, 3.05) is 26.2 Å². The van der Waals surface area contributed by atoms with E-state index in [1.165, 1.54) is 22.5 Å². The van der Waals surface area contributed by atoms with Gasteiger partial charge in [-0.15, -0.1) is 0 Å². The molecule has 152 valence electrons. The predicted molar refractivity (Wildman–Crippen MR) is 108 cm³/mol. The molecule has 0 bridgehead atoms. The van der Waals surface area contributed by atoms with Crippen LogP contribution in [-0.2, 0) is 10.0 Å². The van der Waals surface area contributed by atoms with Gasteiger partial charge in [-0.25, -0.2) is 8.42 Å². The minimum absolute atomic E-state index is 0.0236. The van der Waals surface area contributed by atoms with E-state index in [0.29, 0.717) is 0 Å². The van der Waals surface area contributed by atoms with Gasteiger partial charge in [0.2, 0.25) is 10.0 Å². The zero-order chi connectivity index (χ0) is 21.2. The first kappa shape index (κ1) is 20.8. The Morgan fingerprint density at radius 1 is 1.10 bits per heavy atom. The van der Waals surface area contributed by atoms with Crippen LogP contribution in [0.25, 0.3) is 0 Å². The summed E-state index contributed by atoms with van der Waals surface area (Å²) < 4.78 is 27.1. The van der Waals surface area contributed by atoms with Crippen molar-refractivity contribution in [1.29, 1.82) is 5.26 Å². The molecule has 3 rings (SSSR count). The quantitative estimate of drug-likeness (QED) is 0.830. The Labute approximate surface area is 170 Å². The molecule has 0 aromatic heterocycles. The van der Waals surface area contributed by atoms with Crippen LogP contribution in [0.2, 0.25) is 0 Å². The zero-order valence-electron chi connectivity index (χ0n) is 16.4. The van der Waals surface area contributed by atoms with Gasteiger partial charge in [-0.05, 0) is 35.7 Å². The lowest BCUT2D eigenvalue weighted by Gasteiger charge is -2.34. The van der Waals surface area contributed by atoms with Gasteiger partial charge in [0.1, 0.15) is 11.8 Å². The highest BCUT2D eigenvalue weighted by Gasteiger charge is 2.32. The van der Waals surface area contributed by atoms with Crippen molar-refractivity contribution in [3.8, 4) is 11.8 Å². The van der Waals surface area contributed by atoms with Crippen LogP contribution in [-0.4, -0.2) is 54.8 Å². The topological polar surface area (TPSA) is 102 Å². The number of amides is 1. The van der Waals surface area contributed by atoms with Crippen LogP contribution in [0.1, 0.15) is 41.3 Å². The molecule has 1 heterocycles. The van der Waals surface area contributed by atoms with Crippen LogP contribution < -0.4 is 0 Å². The summed E-state index contributed by atoms with van der Waals surface area (Å²) in [5.41, 5.74) is 1.27. The number of nitriles is 1. The molecule has 0 atom stereocenters. The zero-order valence-corrected chi connectivity index (χ0v) is 17.2. The Hall–Kier alpha value is -2.89. The van der Waals surface area contributed by atoms with Crippen molar-refractivity contribution in [1.82, 2.24) is 9.21 Å². The maximum Gasteiger partial charge on any atom is 0.257 e. The molecule has 1 N–H and O–H groups in total. The fraction of sp³-hybridized carbons (Fsp3) is 0.333. The highest BCUT2D eigenvalue weighted by Crippen LogP contribution is 2.26. The van der Waals surface area contributed by atoms with Gasteiger partial charge in [-0.1, -0.05) is 32.0 Å². The Kier molecular flexibility index (Phi) is 5.91. The smallest absolute Gasteiger partial charge is 0.257 e. The van der Waals surface area contributed by atoms with Gasteiger partial charge in [0.05, 0.1) is 16.0 Å². The number of hydrogen-bond acceptors (Lipinski definition) is 5. The van der Waals surface area contributed by atoms with E-state index in [9.17, 15) is 23.6 Å². The van der Waals surface area contributed by atoms with E-state index in [1.54, 1.807) is 29.2 Å². The molecule has 1 aliphatic heterocycles. The van der Waals surface area contributed by atoms with Crippen LogP contribution >= 0.6 is 0 Å². The molecule has 8 heteroatoms. The third-order valence-electron chi connectivity index (χ3n) is 5.07. The standard InChI is InChI=1S/C21H23N3O4S/c1-15(2)16-7-8-19(25)18(13-16)21(26)23-9-11-24(12-10-23)29(27,28)20-6-4-3-5-17(20)14-22/h3-8,13,15,25H,9-12H2,1-2H3. The lowest BCUT2D eigenvalue weighted by Crippen LogP contribution is -2.50. The molecule has 0 unspecified atom stereocenters. The largest absolute Gasteiger partial charge is 0.507 e. The first-order valence-electron chi connectivity index (χ1n) is 9.37. The maximum absolute atomic E-state index is 12.9. The molecular weight excluding hydrogens is 390 g/mol. The molecule has 0 aliphatic carbocycles. The number of carbonyl (C=O) groups excluding carboxylic acids is 1. The molecule has 2 aromatic rings. The molecule has 2 aromatic carbocycles. The lowest BCUT2D eigenvalue weighted by atomic mass is 9.99. The molecule has 29 heavy (non-hydrogen) atoms. The molecule has 1 fully saturated rings. The second-order valence-corrected chi connectivity index (χ2v) is 9.14. The number of benzene rings is 2. The second kappa shape index (κ2) is 8.23. The fourth-order valence-electron chi connectivity index (χ4n) is 3.31. The van der Waals surface area contributed by atoms with E-state index in [-0.39, 0.29) is 59.8 Å². The second-order valence-electron chi connectivity index (χ2n) is 7.24. The van der Waals surface area contributed by atoms with Gasteiger partial charge in [0.15, 0.2) is 0 Å². The lowest BCUT2D eigenvalue weighted by molar-refractivity contribution is 0.0694. The van der Waals surface area contributed by atoms with E-state index in [2.05, 4.69) is 0 Å². The van der Waals surface area contributed by atoms with Gasteiger partial charge in [0.25, 0.3) is 5.91 Å². The third-order valence-corrected chi connectivity index (χ3v) is 7.03. The monoisotopic (exact) mass is 413 g/mol. The van der Waals surface area contributed by atoms with Gasteiger partial charge >= 0.3 is 0 Å². The summed E-state index contributed by atoms with van der Waals surface area (Å²) in [6.07, 6.45) is 0. The Balaban J connectivity index is 1.76. The predicted octanol–water partition coefficient (Wildman–Crippen LogP) is 2.53. The minimum atomic E-state index is -3.82. The average Bonchev–Trinajstić information content (AvgIpc) is 2.73. The van der Waals surface area contributed by atoms with Gasteiger partial charge in [0, 0.05) is 26.2 Å². The summed E-state index contributed by atoms with van der Waals surface area (Å²) in [7, 11) is -3.82. The van der Waals surface area contributed by atoms with Crippen molar-refractivity contribution < 1.29 is 18.3 Å². The molecule has 0 spiro atoms. The van der Waals surface area contributed by atoms with Crippen LogP contribution in [0.3, 0.4) is 0 Å². The Morgan fingerprint density at radius 3 is 2.38 bits per heavy atom. The molecule has 0 saturated carbocycles. The molecular formula is C21H23N3O4S. The first-order valence-corrected chi connectivity index (χ1v) is 10.8. The molecule has 0 radical (unpaired) electrons. The van der Waals surface area contributed by atoms with Crippen LogP contribution in [0.15, 0.2) is 47.4 Å². The number of rotatable bonds is 4. The van der Waals surface area contributed by atoms with Gasteiger partial charge in [-0.3, -0.25) is 4.79 Å². The molecule has 1 aliphatic rings. The first-order chi connectivity index (χ1) is 13.8. The van der Waals surface area contributed by atoms with E-state index in [1.807, 2.05) is 19.9 Å². The van der Waals surface area contributed by atoms with Crippen molar-refractivity contribution in [2.24, 2.45) is 0 Å². The van der Waals surface area contributed by atoms with E-state index >= 15 is 0 Å². The molecule has 1 saturated heterocycles. The van der Waals surface area contributed by atoms with E-state index in [0.717, 1.165) is 5.56 Å². The van der Waals surface area contributed by atoms with Crippen LogP contribution in [0.5, 0.6) is 5.75 Å². The van der Waals surface area contributed by atoms with E-state index in [4.69, 9.17) is 0 Å². The SMILES string of the molecule is CC(C)c1ccc(O)c(C(=O)N2CCN(S(=O)(=O)c3ccccc3C#N)CC2)c1. The summed E-state index contributed by atoms with van der Waals surface area (Å²) in [4.78, 5) is 14.4. The summed E-state index contributed by atoms with van der Waals surface area (Å²) in [5, 5.41) is 19.3. The molecule has 7 nitrogen and oxygen atoms in total. The third kappa shape index (κ3) is 4.11. The number of carbonyl (C=O) groups is 1. The highest BCUT2D eigenvalue weighted by molar-refractivity contribution is 7.89. The number of nitrogens with zero attached hydrogens (tertiary/aromatic N) is 3. The Morgan fingerprint density at radius 2 is 1.76 bits per heavy atom. The maximum atomic E-state index is 12.9. The minimum Gasteiger partial charge on any atom is -0.507 e. The number of phenols is 1. The summed E-state index contributed by atoms with van der Waals surface area (Å²) in [6, 6.07) is 13.0. The summed E-state index contributed by atoms with van der Waals surface area (Å²) in [6.45, 7) is 4.67. The normalized spacial score (nSPS) is 15.3. The number of sulfonamides is 1. The summed E-state index contributed by atoms with van der Waals surface area (Å²) in [5.74, 6) is -0.193. The molecule has 1 amide bonds.